The van der Waals surface area contributed by atoms with Crippen LogP contribution in [0.1, 0.15) is 38.5 Å². The van der Waals surface area contributed by atoms with E-state index in [4.69, 9.17) is 0 Å². The molecule has 2 atom stereocenters. The van der Waals surface area contributed by atoms with Crippen LogP contribution in [0.25, 0.3) is 0 Å². The van der Waals surface area contributed by atoms with Crippen molar-refractivity contribution in [1.82, 2.24) is 5.43 Å². The van der Waals surface area contributed by atoms with Crippen molar-refractivity contribution in [1.29, 1.82) is 0 Å². The smallest absolute Gasteiger partial charge is 0.271 e. The Morgan fingerprint density at radius 2 is 1.38 bits per heavy atom. The van der Waals surface area contributed by atoms with Crippen molar-refractivity contribution in [3.8, 4) is 0 Å². The Balaban J connectivity index is 1.40. The number of hydrazone groups is 1. The molecule has 1 heterocycles. The largest absolute Gasteiger partial charge is 0.274 e. The summed E-state index contributed by atoms with van der Waals surface area (Å²) in [5, 5.41) is 4.46. The summed E-state index contributed by atoms with van der Waals surface area (Å²) in [5.41, 5.74) is 6.55. The first-order chi connectivity index (χ1) is 19.0. The van der Waals surface area contributed by atoms with Gasteiger partial charge in [-0.25, -0.2) is 10.3 Å². The Morgan fingerprint density at radius 1 is 0.795 bits per heavy atom. The van der Waals surface area contributed by atoms with Gasteiger partial charge in [0.15, 0.2) is 0 Å². The molecule has 1 fully saturated rings. The van der Waals surface area contributed by atoms with Gasteiger partial charge in [-0.1, -0.05) is 82.7 Å². The number of carbonyl (C=O) groups is 3. The summed E-state index contributed by atoms with van der Waals surface area (Å²) in [7, 11) is 0. The Hall–Kier alpha value is -4.36. The Labute approximate surface area is 233 Å². The van der Waals surface area contributed by atoms with Crippen molar-refractivity contribution in [3.05, 3.63) is 135 Å². The molecule has 4 aromatic carbocycles. The average Bonchev–Trinajstić information content (AvgIpc) is 3.24. The van der Waals surface area contributed by atoms with E-state index < -0.39 is 17.3 Å². The van der Waals surface area contributed by atoms with Crippen molar-refractivity contribution >= 4 is 45.6 Å². The fourth-order valence-electron chi connectivity index (χ4n) is 6.74. The van der Waals surface area contributed by atoms with E-state index >= 15 is 0 Å². The summed E-state index contributed by atoms with van der Waals surface area (Å²) < 4.78 is 0.868. The van der Waals surface area contributed by atoms with Crippen molar-refractivity contribution in [2.75, 3.05) is 4.90 Å². The Kier molecular flexibility index (Phi) is 5.39. The number of hydrogen-bond acceptors (Lipinski definition) is 4. The number of para-hydroxylation sites is 1. The molecule has 6 nitrogen and oxygen atoms in total. The standard InChI is InChI=1S/C32H22BrN3O3/c33-20-16-14-19(15-17-20)29(37)35-34-18-32-24-12-6-4-10-22(24)26(23-11-5-7-13-25(23)32)27-28(32)31(39)36(30(27)38)21-8-2-1-3-9-21/h1-18,26-28H,(H,35,37)/b34-18-/t26?,27-,28-,32?/m1/s1. The second-order valence-corrected chi connectivity index (χ2v) is 11.0. The van der Waals surface area contributed by atoms with Crippen LogP contribution in [0.15, 0.2) is 113 Å². The highest BCUT2D eigenvalue weighted by Gasteiger charge is 2.68. The van der Waals surface area contributed by atoms with Crippen LogP contribution < -0.4 is 10.3 Å². The van der Waals surface area contributed by atoms with E-state index in [0.717, 1.165) is 26.7 Å². The minimum atomic E-state index is -1.03. The van der Waals surface area contributed by atoms with Gasteiger partial charge in [-0.15, -0.1) is 0 Å². The van der Waals surface area contributed by atoms with Crippen LogP contribution in [0.4, 0.5) is 5.69 Å². The van der Waals surface area contributed by atoms with Gasteiger partial charge < -0.3 is 0 Å². The van der Waals surface area contributed by atoms with Gasteiger partial charge in [-0.3, -0.25) is 14.4 Å². The molecule has 3 aliphatic carbocycles. The first-order valence-corrected chi connectivity index (χ1v) is 13.5. The van der Waals surface area contributed by atoms with Gasteiger partial charge in [0.25, 0.3) is 5.91 Å². The number of rotatable bonds is 4. The monoisotopic (exact) mass is 575 g/mol. The zero-order valence-electron chi connectivity index (χ0n) is 20.6. The van der Waals surface area contributed by atoms with E-state index in [1.807, 2.05) is 66.7 Å². The molecule has 0 radical (unpaired) electrons. The van der Waals surface area contributed by atoms with Crippen LogP contribution in [-0.2, 0) is 15.0 Å². The number of amides is 3. The molecule has 0 unspecified atom stereocenters. The Bertz CT molecular complexity index is 1640. The molecule has 190 valence electrons. The number of imide groups is 1. The molecule has 0 spiro atoms. The third-order valence-electron chi connectivity index (χ3n) is 8.24. The van der Waals surface area contributed by atoms with Crippen molar-refractivity contribution in [3.63, 3.8) is 0 Å². The highest BCUT2D eigenvalue weighted by molar-refractivity contribution is 9.10. The van der Waals surface area contributed by atoms with Crippen LogP contribution in [0, 0.1) is 11.8 Å². The summed E-state index contributed by atoms with van der Waals surface area (Å²) in [5.74, 6) is -2.36. The lowest BCUT2D eigenvalue weighted by Crippen LogP contribution is -2.54. The van der Waals surface area contributed by atoms with Crippen LogP contribution in [0.3, 0.4) is 0 Å². The lowest BCUT2D eigenvalue weighted by molar-refractivity contribution is -0.122. The third-order valence-corrected chi connectivity index (χ3v) is 8.77. The van der Waals surface area contributed by atoms with E-state index in [-0.39, 0.29) is 23.6 Å². The van der Waals surface area contributed by atoms with Gasteiger partial charge >= 0.3 is 0 Å². The van der Waals surface area contributed by atoms with Crippen LogP contribution >= 0.6 is 15.9 Å². The molecule has 2 bridgehead atoms. The highest BCUT2D eigenvalue weighted by Crippen LogP contribution is 2.63. The quantitative estimate of drug-likeness (QED) is 0.200. The molecule has 4 aromatic rings. The minimum absolute atomic E-state index is 0.207. The summed E-state index contributed by atoms with van der Waals surface area (Å²) in [6, 6.07) is 32.0. The predicted molar refractivity (Wildman–Crippen MR) is 152 cm³/mol. The summed E-state index contributed by atoms with van der Waals surface area (Å²) in [6.07, 6.45) is 1.67. The van der Waals surface area contributed by atoms with Gasteiger partial charge in [-0.05, 0) is 58.7 Å². The molecule has 3 amide bonds. The van der Waals surface area contributed by atoms with Gasteiger partial charge in [0.05, 0.1) is 22.9 Å². The zero-order chi connectivity index (χ0) is 26.7. The molecule has 0 aromatic heterocycles. The maximum Gasteiger partial charge on any atom is 0.271 e. The minimum Gasteiger partial charge on any atom is -0.274 e. The molecule has 1 aliphatic heterocycles. The van der Waals surface area contributed by atoms with Crippen molar-refractivity contribution in [2.45, 2.75) is 11.3 Å². The van der Waals surface area contributed by atoms with Crippen LogP contribution in [0.2, 0.25) is 0 Å². The van der Waals surface area contributed by atoms with Gasteiger partial charge in [0, 0.05) is 22.2 Å². The van der Waals surface area contributed by atoms with Gasteiger partial charge in [0.1, 0.15) is 0 Å². The van der Waals surface area contributed by atoms with E-state index in [0.29, 0.717) is 11.3 Å². The molecule has 4 aliphatic rings. The molecule has 1 saturated heterocycles. The third kappa shape index (κ3) is 3.32. The number of benzene rings is 4. The topological polar surface area (TPSA) is 78.8 Å². The highest BCUT2D eigenvalue weighted by atomic mass is 79.9. The molecule has 0 saturated carbocycles. The number of nitrogens with one attached hydrogen (secondary N) is 1. The van der Waals surface area contributed by atoms with Crippen molar-refractivity contribution in [2.24, 2.45) is 16.9 Å². The normalized spacial score (nSPS) is 24.4. The predicted octanol–water partition coefficient (Wildman–Crippen LogP) is 5.42. The summed E-state index contributed by atoms with van der Waals surface area (Å²) >= 11 is 3.38. The second-order valence-electron chi connectivity index (χ2n) is 10.1. The number of anilines is 1. The van der Waals surface area contributed by atoms with Gasteiger partial charge in [-0.2, -0.15) is 5.10 Å². The summed E-state index contributed by atoms with van der Waals surface area (Å²) in [6.45, 7) is 0. The number of nitrogens with zero attached hydrogens (tertiary/aromatic N) is 2. The first-order valence-electron chi connectivity index (χ1n) is 12.7. The van der Waals surface area contributed by atoms with E-state index in [9.17, 15) is 14.4 Å². The maximum atomic E-state index is 14.3. The average molecular weight is 576 g/mol. The fraction of sp³-hybridized carbons (Fsp3) is 0.125. The van der Waals surface area contributed by atoms with E-state index in [2.05, 4.69) is 26.5 Å². The Morgan fingerprint density at radius 3 is 2.03 bits per heavy atom. The molecule has 1 N–H and O–H groups in total. The molecular weight excluding hydrogens is 554 g/mol. The first kappa shape index (κ1) is 23.7. The molecular formula is C32H22BrN3O3. The molecule has 8 rings (SSSR count). The second kappa shape index (κ2) is 8.85. The lowest BCUT2D eigenvalue weighted by Gasteiger charge is -2.52. The fourth-order valence-corrected chi connectivity index (χ4v) is 7.00. The van der Waals surface area contributed by atoms with E-state index in [1.165, 1.54) is 4.90 Å². The zero-order valence-corrected chi connectivity index (χ0v) is 22.2. The van der Waals surface area contributed by atoms with Gasteiger partial charge in [0.2, 0.25) is 11.8 Å². The summed E-state index contributed by atoms with van der Waals surface area (Å²) in [4.78, 5) is 42.6. The molecule has 7 heteroatoms. The maximum absolute atomic E-state index is 14.3. The number of hydrogen-bond donors (Lipinski definition) is 1. The van der Waals surface area contributed by atoms with Crippen LogP contribution in [0.5, 0.6) is 0 Å². The number of carbonyl (C=O) groups excluding carboxylic acids is 3. The number of halogens is 1. The van der Waals surface area contributed by atoms with E-state index in [1.54, 1.807) is 42.6 Å². The lowest BCUT2D eigenvalue weighted by atomic mass is 9.47. The van der Waals surface area contributed by atoms with Crippen molar-refractivity contribution < 1.29 is 14.4 Å². The van der Waals surface area contributed by atoms with Crippen LogP contribution in [-0.4, -0.2) is 23.9 Å². The SMILES string of the molecule is O=C(N/N=C\C12c3ccccc3C(c3ccccc31)[C@H]1C(=O)N(c3ccccc3)C(=O)[C@@H]12)c1ccc(Br)cc1. The molecule has 39 heavy (non-hydrogen) atoms.